The van der Waals surface area contributed by atoms with E-state index in [9.17, 15) is 8.42 Å². The van der Waals surface area contributed by atoms with E-state index in [1.807, 2.05) is 24.3 Å². The highest BCUT2D eigenvalue weighted by molar-refractivity contribution is 7.90. The van der Waals surface area contributed by atoms with Crippen LogP contribution < -0.4 is 16.0 Å². The lowest BCUT2D eigenvalue weighted by Gasteiger charge is -2.16. The van der Waals surface area contributed by atoms with Crippen LogP contribution in [-0.4, -0.2) is 33.6 Å². The van der Waals surface area contributed by atoms with Crippen LogP contribution in [0.3, 0.4) is 0 Å². The predicted octanol–water partition coefficient (Wildman–Crippen LogP) is 0.114. The molecule has 0 radical (unpaired) electrons. The molecule has 0 bridgehead atoms. The van der Waals surface area contributed by atoms with Crippen LogP contribution in [0.5, 0.6) is 5.75 Å². The van der Waals surface area contributed by atoms with Gasteiger partial charge in [0.15, 0.2) is 0 Å². The van der Waals surface area contributed by atoms with E-state index in [0.717, 1.165) is 11.3 Å². The monoisotopic (exact) mass is 258 g/mol. The molecule has 17 heavy (non-hydrogen) atoms. The first kappa shape index (κ1) is 14.0. The zero-order valence-corrected chi connectivity index (χ0v) is 10.8. The Morgan fingerprint density at radius 3 is 2.59 bits per heavy atom. The Hall–Kier alpha value is -1.11. The van der Waals surface area contributed by atoms with Crippen LogP contribution in [0.15, 0.2) is 24.3 Å². The molecule has 1 rings (SSSR count). The average molecular weight is 258 g/mol. The molecule has 1 aromatic carbocycles. The van der Waals surface area contributed by atoms with Crippen LogP contribution in [0.25, 0.3) is 0 Å². The van der Waals surface area contributed by atoms with Gasteiger partial charge in [-0.1, -0.05) is 18.2 Å². The summed E-state index contributed by atoms with van der Waals surface area (Å²) in [6, 6.07) is 7.16. The van der Waals surface area contributed by atoms with E-state index in [4.69, 9.17) is 10.6 Å². The van der Waals surface area contributed by atoms with E-state index in [1.54, 1.807) is 7.11 Å². The highest BCUT2D eigenvalue weighted by Gasteiger charge is 2.16. The molecule has 1 atom stereocenters. The third-order valence-corrected chi connectivity index (χ3v) is 3.41. The molecule has 0 saturated heterocycles. The van der Waals surface area contributed by atoms with Gasteiger partial charge in [-0.25, -0.2) is 8.42 Å². The van der Waals surface area contributed by atoms with Crippen molar-refractivity contribution >= 4 is 9.84 Å². The summed E-state index contributed by atoms with van der Waals surface area (Å²) in [5, 5.41) is 0. The van der Waals surface area contributed by atoms with Crippen LogP contribution in [-0.2, 0) is 16.3 Å². The van der Waals surface area contributed by atoms with Gasteiger partial charge in [0.25, 0.3) is 0 Å². The minimum Gasteiger partial charge on any atom is -0.496 e. The number of nitrogens with two attached hydrogens (primary N) is 1. The van der Waals surface area contributed by atoms with Gasteiger partial charge in [0.1, 0.15) is 15.6 Å². The molecule has 0 aliphatic heterocycles. The van der Waals surface area contributed by atoms with Gasteiger partial charge in [0.05, 0.1) is 12.9 Å². The molecule has 1 unspecified atom stereocenters. The number of hydrogen-bond donors (Lipinski definition) is 2. The van der Waals surface area contributed by atoms with Gasteiger partial charge in [-0.3, -0.25) is 11.3 Å². The minimum atomic E-state index is -3.06. The highest BCUT2D eigenvalue weighted by Crippen LogP contribution is 2.19. The fourth-order valence-electron chi connectivity index (χ4n) is 1.67. The summed E-state index contributed by atoms with van der Waals surface area (Å²) in [4.78, 5) is 0. The second-order valence-corrected chi connectivity index (χ2v) is 6.16. The summed E-state index contributed by atoms with van der Waals surface area (Å²) in [6.07, 6.45) is 1.70. The highest BCUT2D eigenvalue weighted by atomic mass is 32.2. The molecule has 5 nitrogen and oxygen atoms in total. The topological polar surface area (TPSA) is 81.4 Å². The summed E-state index contributed by atoms with van der Waals surface area (Å²) >= 11 is 0. The SMILES string of the molecule is COc1ccccc1CC(CS(C)(=O)=O)NN. The number of rotatable bonds is 6. The molecule has 0 aliphatic carbocycles. The van der Waals surface area contributed by atoms with Crippen molar-refractivity contribution in [3.05, 3.63) is 29.8 Å². The lowest BCUT2D eigenvalue weighted by Crippen LogP contribution is -2.41. The maximum absolute atomic E-state index is 11.2. The molecule has 0 amide bonds. The van der Waals surface area contributed by atoms with E-state index in [2.05, 4.69) is 5.43 Å². The fraction of sp³-hybridized carbons (Fsp3) is 0.455. The van der Waals surface area contributed by atoms with Gasteiger partial charge < -0.3 is 4.74 Å². The summed E-state index contributed by atoms with van der Waals surface area (Å²) in [5.74, 6) is 6.10. The van der Waals surface area contributed by atoms with Crippen molar-refractivity contribution in [2.75, 3.05) is 19.1 Å². The molecule has 6 heteroatoms. The quantitative estimate of drug-likeness (QED) is 0.559. The van der Waals surface area contributed by atoms with Crippen molar-refractivity contribution in [3.63, 3.8) is 0 Å². The number of ether oxygens (including phenoxy) is 1. The first-order valence-electron chi connectivity index (χ1n) is 5.22. The van der Waals surface area contributed by atoms with Gasteiger partial charge in [0.2, 0.25) is 0 Å². The first-order valence-corrected chi connectivity index (χ1v) is 7.28. The molecule has 0 fully saturated rings. The second kappa shape index (κ2) is 6.00. The fourth-order valence-corrected chi connectivity index (χ4v) is 2.61. The maximum atomic E-state index is 11.2. The molecule has 0 spiro atoms. The van der Waals surface area contributed by atoms with Crippen LogP contribution >= 0.6 is 0 Å². The number of methoxy groups -OCH3 is 1. The van der Waals surface area contributed by atoms with Gasteiger partial charge in [0, 0.05) is 12.3 Å². The number of hydrogen-bond acceptors (Lipinski definition) is 5. The molecule has 3 N–H and O–H groups in total. The van der Waals surface area contributed by atoms with E-state index >= 15 is 0 Å². The number of hydrazine groups is 1. The molecule has 0 saturated carbocycles. The van der Waals surface area contributed by atoms with Gasteiger partial charge >= 0.3 is 0 Å². The summed E-state index contributed by atoms with van der Waals surface area (Å²) < 4.78 is 27.6. The Morgan fingerprint density at radius 2 is 2.06 bits per heavy atom. The van der Waals surface area contributed by atoms with Crippen LogP contribution in [0.2, 0.25) is 0 Å². The van der Waals surface area contributed by atoms with Gasteiger partial charge in [-0.15, -0.1) is 0 Å². The van der Waals surface area contributed by atoms with Crippen molar-refractivity contribution in [1.82, 2.24) is 5.43 Å². The molecule has 0 aromatic heterocycles. The average Bonchev–Trinajstić information content (AvgIpc) is 2.27. The first-order chi connectivity index (χ1) is 7.96. The molecule has 0 aliphatic rings. The van der Waals surface area contributed by atoms with E-state index in [-0.39, 0.29) is 11.8 Å². The molecule has 96 valence electrons. The molecule has 1 aromatic rings. The molecular weight excluding hydrogens is 240 g/mol. The number of benzene rings is 1. The van der Waals surface area contributed by atoms with E-state index in [0.29, 0.717) is 6.42 Å². The maximum Gasteiger partial charge on any atom is 0.149 e. The second-order valence-electron chi connectivity index (χ2n) is 3.97. The minimum absolute atomic E-state index is 0.00154. The zero-order chi connectivity index (χ0) is 12.9. The third kappa shape index (κ3) is 4.72. The number of para-hydroxylation sites is 1. The Bertz CT molecular complexity index is 460. The zero-order valence-electron chi connectivity index (χ0n) is 10.0. The molecule has 0 heterocycles. The molecular formula is C11H18N2O3S. The van der Waals surface area contributed by atoms with Crippen molar-refractivity contribution < 1.29 is 13.2 Å². The Morgan fingerprint density at radius 1 is 1.41 bits per heavy atom. The summed E-state index contributed by atoms with van der Waals surface area (Å²) in [6.45, 7) is 0. The van der Waals surface area contributed by atoms with E-state index in [1.165, 1.54) is 6.26 Å². The van der Waals surface area contributed by atoms with Gasteiger partial charge in [-0.05, 0) is 18.1 Å². The van der Waals surface area contributed by atoms with Crippen molar-refractivity contribution in [1.29, 1.82) is 0 Å². The van der Waals surface area contributed by atoms with Crippen LogP contribution in [0, 0.1) is 0 Å². The van der Waals surface area contributed by atoms with E-state index < -0.39 is 9.84 Å². The largest absolute Gasteiger partial charge is 0.496 e. The normalized spacial score (nSPS) is 13.4. The van der Waals surface area contributed by atoms with Crippen molar-refractivity contribution in [2.24, 2.45) is 5.84 Å². The summed E-state index contributed by atoms with van der Waals surface area (Å²) in [5.41, 5.74) is 3.46. The lowest BCUT2D eigenvalue weighted by atomic mass is 10.1. The Kier molecular flexibility index (Phi) is 4.92. The summed E-state index contributed by atoms with van der Waals surface area (Å²) in [7, 11) is -1.47. The number of sulfone groups is 1. The Labute approximate surface area is 102 Å². The van der Waals surface area contributed by atoms with Crippen molar-refractivity contribution in [2.45, 2.75) is 12.5 Å². The third-order valence-electron chi connectivity index (χ3n) is 2.40. The number of nitrogens with one attached hydrogen (secondary N) is 1. The van der Waals surface area contributed by atoms with Crippen LogP contribution in [0.1, 0.15) is 5.56 Å². The van der Waals surface area contributed by atoms with Gasteiger partial charge in [-0.2, -0.15) is 0 Å². The van der Waals surface area contributed by atoms with Crippen molar-refractivity contribution in [3.8, 4) is 5.75 Å². The smallest absolute Gasteiger partial charge is 0.149 e. The lowest BCUT2D eigenvalue weighted by molar-refractivity contribution is 0.406. The van der Waals surface area contributed by atoms with Crippen LogP contribution in [0.4, 0.5) is 0 Å². The Balaban J connectivity index is 2.80. The predicted molar refractivity (Wildman–Crippen MR) is 67.5 cm³/mol. The standard InChI is InChI=1S/C11H18N2O3S/c1-16-11-6-4-3-5-9(11)7-10(13-12)8-17(2,14)15/h3-6,10,13H,7-8,12H2,1-2H3.